The van der Waals surface area contributed by atoms with Gasteiger partial charge in [0.05, 0.1) is 17.1 Å². The third kappa shape index (κ3) is 4.48. The van der Waals surface area contributed by atoms with Gasteiger partial charge in [-0.25, -0.2) is 4.98 Å². The topological polar surface area (TPSA) is 102 Å². The number of carbonyl (C=O) groups is 1. The number of likely N-dealkylation sites (N-methyl/N-ethyl adjacent to an activating group) is 1. The van der Waals surface area contributed by atoms with E-state index in [0.29, 0.717) is 11.8 Å². The van der Waals surface area contributed by atoms with Crippen LogP contribution in [0, 0.1) is 0 Å². The zero-order valence-corrected chi connectivity index (χ0v) is 20.3. The minimum atomic E-state index is -0.228. The van der Waals surface area contributed by atoms with Crippen LogP contribution < -0.4 is 20.4 Å². The van der Waals surface area contributed by atoms with Gasteiger partial charge in [0.15, 0.2) is 0 Å². The number of anilines is 6. The Hall–Kier alpha value is -3.62. The number of fused-ring (bicyclic) bond motifs is 1. The molecule has 0 saturated heterocycles. The van der Waals surface area contributed by atoms with Crippen molar-refractivity contribution in [2.45, 2.75) is 59.0 Å². The van der Waals surface area contributed by atoms with Crippen LogP contribution in [-0.4, -0.2) is 45.2 Å². The number of hydrogen-bond acceptors (Lipinski definition) is 7. The molecule has 0 saturated carbocycles. The molecule has 3 N–H and O–H groups in total. The Labute approximate surface area is 194 Å². The molecule has 0 fully saturated rings. The van der Waals surface area contributed by atoms with Crippen LogP contribution in [0.2, 0.25) is 0 Å². The van der Waals surface area contributed by atoms with Crippen LogP contribution in [0.25, 0.3) is 0 Å². The summed E-state index contributed by atoms with van der Waals surface area (Å²) in [6, 6.07) is 9.68. The highest BCUT2D eigenvalue weighted by molar-refractivity contribution is 6.05. The number of carbonyl (C=O) groups excluding carboxylic acids is 1. The van der Waals surface area contributed by atoms with E-state index in [1.54, 1.807) is 17.2 Å². The molecule has 174 valence electrons. The number of nitrogens with one attached hydrogen (secondary N) is 3. The summed E-state index contributed by atoms with van der Waals surface area (Å²) in [4.78, 5) is 25.5. The first-order valence-electron chi connectivity index (χ1n) is 11.2. The fourth-order valence-corrected chi connectivity index (χ4v) is 4.07. The van der Waals surface area contributed by atoms with E-state index in [1.807, 2.05) is 38.2 Å². The Bertz CT molecular complexity index is 1160. The van der Waals surface area contributed by atoms with Gasteiger partial charge in [0.2, 0.25) is 11.9 Å². The minimum absolute atomic E-state index is 0.0404. The van der Waals surface area contributed by atoms with Crippen LogP contribution in [0.5, 0.6) is 0 Å². The quantitative estimate of drug-likeness (QED) is 0.526. The summed E-state index contributed by atoms with van der Waals surface area (Å²) < 4.78 is 0. The first kappa shape index (κ1) is 22.6. The number of benzene rings is 1. The maximum absolute atomic E-state index is 12.7. The molecule has 0 radical (unpaired) electrons. The first-order valence-corrected chi connectivity index (χ1v) is 11.2. The highest BCUT2D eigenvalue weighted by Gasteiger charge is 2.35. The number of aromatic amines is 1. The van der Waals surface area contributed by atoms with E-state index in [1.165, 1.54) is 0 Å². The van der Waals surface area contributed by atoms with Crippen LogP contribution in [0.1, 0.15) is 47.2 Å². The van der Waals surface area contributed by atoms with Crippen molar-refractivity contribution in [2.24, 2.45) is 0 Å². The number of rotatable bonds is 5. The van der Waals surface area contributed by atoms with Gasteiger partial charge in [0.25, 0.3) is 0 Å². The fourth-order valence-electron chi connectivity index (χ4n) is 4.07. The van der Waals surface area contributed by atoms with Crippen LogP contribution in [0.3, 0.4) is 0 Å². The van der Waals surface area contributed by atoms with Crippen LogP contribution in [0.4, 0.5) is 34.6 Å². The highest BCUT2D eigenvalue weighted by atomic mass is 16.2. The molecule has 2 aromatic heterocycles. The summed E-state index contributed by atoms with van der Waals surface area (Å²) in [6.45, 7) is 12.5. The second kappa shape index (κ2) is 8.38. The second-order valence-corrected chi connectivity index (χ2v) is 9.71. The van der Waals surface area contributed by atoms with Gasteiger partial charge in [0.1, 0.15) is 17.7 Å². The van der Waals surface area contributed by atoms with Crippen molar-refractivity contribution < 1.29 is 4.79 Å². The van der Waals surface area contributed by atoms with Crippen LogP contribution in [0.15, 0.2) is 36.5 Å². The van der Waals surface area contributed by atoms with Crippen molar-refractivity contribution in [3.8, 4) is 0 Å². The predicted molar refractivity (Wildman–Crippen MR) is 133 cm³/mol. The lowest BCUT2D eigenvalue weighted by Crippen LogP contribution is -2.53. The first-order chi connectivity index (χ1) is 15.5. The largest absolute Gasteiger partial charge is 0.356 e. The number of hydrogen-bond donors (Lipinski definition) is 3. The van der Waals surface area contributed by atoms with Gasteiger partial charge in [-0.2, -0.15) is 10.1 Å². The van der Waals surface area contributed by atoms with Crippen LogP contribution in [-0.2, 0) is 10.2 Å². The van der Waals surface area contributed by atoms with Crippen molar-refractivity contribution in [3.63, 3.8) is 0 Å². The molecule has 3 heterocycles. The Morgan fingerprint density at radius 1 is 1.09 bits per heavy atom. The van der Waals surface area contributed by atoms with E-state index in [2.05, 4.69) is 70.3 Å². The smallest absolute Gasteiger partial charge is 0.249 e. The van der Waals surface area contributed by atoms with Crippen molar-refractivity contribution in [1.82, 2.24) is 20.2 Å². The van der Waals surface area contributed by atoms with Crippen LogP contribution >= 0.6 is 0 Å². The Balaban J connectivity index is 1.57. The second-order valence-electron chi connectivity index (χ2n) is 9.71. The molecule has 1 aromatic carbocycles. The predicted octanol–water partition coefficient (Wildman–Crippen LogP) is 4.56. The molecule has 1 atom stereocenters. The molecule has 4 rings (SSSR count). The molecule has 0 aliphatic carbocycles. The molecule has 33 heavy (non-hydrogen) atoms. The summed E-state index contributed by atoms with van der Waals surface area (Å²) in [7, 11) is 1.82. The fraction of sp³-hybridized carbons (Fsp3) is 0.417. The SMILES string of the molecule is CC(C)N1c2cc(Nc3nccc(Nc4cc(C(C)(C)C)n[nH]4)n3)ccc2N(C)C(=O)[C@H]1C. The van der Waals surface area contributed by atoms with Crippen molar-refractivity contribution >= 4 is 40.6 Å². The summed E-state index contributed by atoms with van der Waals surface area (Å²) in [5, 5.41) is 13.9. The van der Waals surface area contributed by atoms with Gasteiger partial charge in [-0.05, 0) is 45.0 Å². The lowest BCUT2D eigenvalue weighted by molar-refractivity contribution is -0.119. The third-order valence-corrected chi connectivity index (χ3v) is 5.80. The molecule has 0 unspecified atom stereocenters. The normalized spacial score (nSPS) is 16.2. The minimum Gasteiger partial charge on any atom is -0.356 e. The molecular formula is C24H32N8O. The van der Waals surface area contributed by atoms with E-state index in [9.17, 15) is 4.79 Å². The number of amides is 1. The van der Waals surface area contributed by atoms with Gasteiger partial charge in [-0.15, -0.1) is 0 Å². The molecule has 0 spiro atoms. The molecular weight excluding hydrogens is 416 g/mol. The molecule has 3 aromatic rings. The zero-order valence-electron chi connectivity index (χ0n) is 20.3. The monoisotopic (exact) mass is 448 g/mol. The van der Waals surface area contributed by atoms with E-state index >= 15 is 0 Å². The summed E-state index contributed by atoms with van der Waals surface area (Å²) in [5.41, 5.74) is 3.68. The van der Waals surface area contributed by atoms with Gasteiger partial charge in [0, 0.05) is 36.5 Å². The van der Waals surface area contributed by atoms with Gasteiger partial charge in [-0.3, -0.25) is 9.89 Å². The summed E-state index contributed by atoms with van der Waals surface area (Å²) in [5.74, 6) is 1.98. The van der Waals surface area contributed by atoms with E-state index in [-0.39, 0.29) is 23.4 Å². The zero-order chi connectivity index (χ0) is 23.9. The highest BCUT2D eigenvalue weighted by Crippen LogP contribution is 2.39. The summed E-state index contributed by atoms with van der Waals surface area (Å²) >= 11 is 0. The Kier molecular flexibility index (Phi) is 5.73. The van der Waals surface area contributed by atoms with Crippen molar-refractivity contribution in [1.29, 1.82) is 0 Å². The maximum atomic E-state index is 12.7. The van der Waals surface area contributed by atoms with Gasteiger partial charge in [-0.1, -0.05) is 20.8 Å². The van der Waals surface area contributed by atoms with Gasteiger partial charge >= 0.3 is 0 Å². The Morgan fingerprint density at radius 2 is 1.85 bits per heavy atom. The number of nitrogens with zero attached hydrogens (tertiary/aromatic N) is 5. The molecule has 1 aliphatic rings. The van der Waals surface area contributed by atoms with Crippen molar-refractivity contribution in [3.05, 3.63) is 42.2 Å². The molecule has 1 amide bonds. The number of H-pyrrole nitrogens is 1. The molecule has 9 heteroatoms. The average Bonchev–Trinajstić information content (AvgIpc) is 3.21. The lowest BCUT2D eigenvalue weighted by atomic mass is 9.92. The standard InChI is InChI=1S/C24H32N8O/c1-14(2)32-15(3)22(33)31(7)17-9-8-16(12-18(17)32)26-23-25-11-10-20(28-23)27-21-13-19(29-30-21)24(4,5)6/h8-15H,1-7H3,(H3,25,26,27,28,29,30)/t15-/m1/s1. The Morgan fingerprint density at radius 3 is 2.52 bits per heavy atom. The average molecular weight is 449 g/mol. The maximum Gasteiger partial charge on any atom is 0.249 e. The lowest BCUT2D eigenvalue weighted by Gasteiger charge is -2.42. The molecule has 0 bridgehead atoms. The third-order valence-electron chi connectivity index (χ3n) is 5.80. The van der Waals surface area contributed by atoms with E-state index < -0.39 is 0 Å². The molecule has 1 aliphatic heterocycles. The number of aromatic nitrogens is 4. The van der Waals surface area contributed by atoms with E-state index in [0.717, 1.165) is 28.6 Å². The van der Waals surface area contributed by atoms with Gasteiger partial charge < -0.3 is 20.4 Å². The van der Waals surface area contributed by atoms with E-state index in [4.69, 9.17) is 0 Å². The van der Waals surface area contributed by atoms with Crippen molar-refractivity contribution in [2.75, 3.05) is 27.5 Å². The summed E-state index contributed by atoms with van der Waals surface area (Å²) in [6.07, 6.45) is 1.70. The molecule has 9 nitrogen and oxygen atoms in total.